The molecule has 6 rings (SSSR count). The second-order valence-corrected chi connectivity index (χ2v) is 12.0. The maximum Gasteiger partial charge on any atom is 0.307 e. The predicted octanol–water partition coefficient (Wildman–Crippen LogP) is 5.35. The van der Waals surface area contributed by atoms with Gasteiger partial charge in [-0.2, -0.15) is 0 Å². The SMILES string of the molecule is O=C(O)[C@@H]1CCCCC1C(=O)N1CCc2c(Cl)ccc(OCc3nccn3CC(F)F)c2[C@H]1CN1Cc2ccccc2C1=O. The Bertz CT molecular complexity index is 1580. The van der Waals surface area contributed by atoms with Crippen molar-refractivity contribution in [2.75, 3.05) is 13.1 Å². The molecule has 9 nitrogen and oxygen atoms in total. The number of amides is 2. The second-order valence-electron chi connectivity index (χ2n) is 11.6. The highest BCUT2D eigenvalue weighted by atomic mass is 35.5. The summed E-state index contributed by atoms with van der Waals surface area (Å²) in [6.45, 7) is 0.188. The molecule has 0 spiro atoms. The third-order valence-electron chi connectivity index (χ3n) is 9.04. The summed E-state index contributed by atoms with van der Waals surface area (Å²) in [7, 11) is 0. The summed E-state index contributed by atoms with van der Waals surface area (Å²) in [6.07, 6.45) is 3.17. The van der Waals surface area contributed by atoms with E-state index in [1.165, 1.54) is 17.0 Å². The number of benzene rings is 2. The molecular formula is C32H33ClF2N4O5. The number of carbonyl (C=O) groups excluding carboxylic acids is 2. The standard InChI is InChI=1S/C32H33ClF2N4O5/c33-24-9-10-26(44-18-28-36-12-14-37(28)17-27(34)35)29-23(24)11-13-39(31(41)21-7-3-4-8-22(21)32(42)43)25(29)16-38-15-19-5-1-2-6-20(19)30(38)40/h1-2,5-6,9-10,12,14,21-22,25,27H,3-4,7-8,11,13,15-18H2,(H,42,43)/t21?,22-,25-/m1/s1. The van der Waals surface area contributed by atoms with Crippen molar-refractivity contribution in [2.24, 2.45) is 11.8 Å². The Morgan fingerprint density at radius 3 is 2.64 bits per heavy atom. The first-order valence-corrected chi connectivity index (χ1v) is 15.2. The molecule has 1 aromatic heterocycles. The van der Waals surface area contributed by atoms with Crippen molar-refractivity contribution in [3.05, 3.63) is 81.9 Å². The first kappa shape index (κ1) is 30.1. The van der Waals surface area contributed by atoms with Crippen LogP contribution in [0.1, 0.15) is 64.6 Å². The van der Waals surface area contributed by atoms with Crippen molar-refractivity contribution in [2.45, 2.75) is 64.3 Å². The molecular weight excluding hydrogens is 594 g/mol. The number of hydrogen-bond donors (Lipinski definition) is 1. The summed E-state index contributed by atoms with van der Waals surface area (Å²) < 4.78 is 33.8. The summed E-state index contributed by atoms with van der Waals surface area (Å²) in [5.74, 6) is -2.13. The van der Waals surface area contributed by atoms with E-state index >= 15 is 0 Å². The number of aromatic nitrogens is 2. The van der Waals surface area contributed by atoms with Crippen molar-refractivity contribution in [3.8, 4) is 5.75 Å². The summed E-state index contributed by atoms with van der Waals surface area (Å²) >= 11 is 6.70. The number of rotatable bonds is 9. The van der Waals surface area contributed by atoms with Gasteiger partial charge in [-0.05, 0) is 48.6 Å². The van der Waals surface area contributed by atoms with Gasteiger partial charge in [-0.1, -0.05) is 42.6 Å². The molecule has 0 saturated heterocycles. The van der Waals surface area contributed by atoms with Gasteiger partial charge in [0.25, 0.3) is 12.3 Å². The van der Waals surface area contributed by atoms with Gasteiger partial charge in [-0.15, -0.1) is 0 Å². The summed E-state index contributed by atoms with van der Waals surface area (Å²) in [6, 6.07) is 10.1. The van der Waals surface area contributed by atoms with Crippen molar-refractivity contribution in [1.82, 2.24) is 19.4 Å². The van der Waals surface area contributed by atoms with Crippen LogP contribution in [0.2, 0.25) is 5.02 Å². The number of halogens is 3. The zero-order valence-electron chi connectivity index (χ0n) is 24.0. The number of fused-ring (bicyclic) bond motifs is 2. The molecule has 1 saturated carbocycles. The average Bonchev–Trinajstić information content (AvgIpc) is 3.59. The van der Waals surface area contributed by atoms with Crippen molar-refractivity contribution in [1.29, 1.82) is 0 Å². The Morgan fingerprint density at radius 1 is 1.11 bits per heavy atom. The zero-order chi connectivity index (χ0) is 31.0. The van der Waals surface area contributed by atoms with Crippen LogP contribution < -0.4 is 4.74 Å². The lowest BCUT2D eigenvalue weighted by Gasteiger charge is -2.43. The lowest BCUT2D eigenvalue weighted by Crippen LogP contribution is -2.50. The van der Waals surface area contributed by atoms with Crippen molar-refractivity contribution < 1.29 is 33.0 Å². The summed E-state index contributed by atoms with van der Waals surface area (Å²) in [4.78, 5) is 47.5. The molecule has 2 amide bonds. The van der Waals surface area contributed by atoms with E-state index < -0.39 is 36.8 Å². The minimum atomic E-state index is -2.56. The lowest BCUT2D eigenvalue weighted by molar-refractivity contribution is -0.153. The van der Waals surface area contributed by atoms with Crippen LogP contribution in [-0.2, 0) is 35.7 Å². The molecule has 1 fully saturated rings. The quantitative estimate of drug-likeness (QED) is 0.343. The van der Waals surface area contributed by atoms with Crippen molar-refractivity contribution >= 4 is 29.4 Å². The van der Waals surface area contributed by atoms with Crippen LogP contribution in [0.4, 0.5) is 8.78 Å². The molecule has 2 aromatic carbocycles. The minimum Gasteiger partial charge on any atom is -0.485 e. The molecule has 12 heteroatoms. The van der Waals surface area contributed by atoms with Crippen LogP contribution in [0, 0.1) is 11.8 Å². The van der Waals surface area contributed by atoms with E-state index in [1.54, 1.807) is 28.0 Å². The maximum atomic E-state index is 14.3. The van der Waals surface area contributed by atoms with Crippen LogP contribution in [0.15, 0.2) is 48.8 Å². The molecule has 1 aliphatic carbocycles. The summed E-state index contributed by atoms with van der Waals surface area (Å²) in [5, 5.41) is 10.4. The van der Waals surface area contributed by atoms with Gasteiger partial charge < -0.3 is 24.2 Å². The van der Waals surface area contributed by atoms with Crippen LogP contribution in [0.3, 0.4) is 0 Å². The fraction of sp³-hybridized carbons (Fsp3) is 0.438. The monoisotopic (exact) mass is 626 g/mol. The van der Waals surface area contributed by atoms with Gasteiger partial charge in [0.1, 0.15) is 18.2 Å². The number of aliphatic carboxylic acids is 1. The maximum absolute atomic E-state index is 14.3. The highest BCUT2D eigenvalue weighted by Crippen LogP contribution is 2.43. The largest absolute Gasteiger partial charge is 0.485 e. The average molecular weight is 627 g/mol. The van der Waals surface area contributed by atoms with Gasteiger partial charge in [0.15, 0.2) is 0 Å². The number of nitrogens with zero attached hydrogens (tertiary/aromatic N) is 4. The molecule has 3 heterocycles. The molecule has 232 valence electrons. The van der Waals surface area contributed by atoms with Crippen LogP contribution >= 0.6 is 11.6 Å². The number of carbonyl (C=O) groups is 3. The molecule has 3 aliphatic rings. The van der Waals surface area contributed by atoms with E-state index in [0.717, 1.165) is 24.0 Å². The van der Waals surface area contributed by atoms with Gasteiger partial charge in [-0.3, -0.25) is 14.4 Å². The highest BCUT2D eigenvalue weighted by Gasteiger charge is 2.44. The number of imidazole rings is 1. The Morgan fingerprint density at radius 2 is 1.89 bits per heavy atom. The van der Waals surface area contributed by atoms with E-state index in [1.807, 2.05) is 18.2 Å². The van der Waals surface area contributed by atoms with Crippen LogP contribution in [0.25, 0.3) is 0 Å². The van der Waals surface area contributed by atoms with Gasteiger partial charge >= 0.3 is 5.97 Å². The molecule has 3 atom stereocenters. The van der Waals surface area contributed by atoms with E-state index in [0.29, 0.717) is 60.1 Å². The first-order valence-electron chi connectivity index (χ1n) is 14.9. The molecule has 0 radical (unpaired) electrons. The number of ether oxygens (including phenoxy) is 1. The van der Waals surface area contributed by atoms with Crippen LogP contribution in [0.5, 0.6) is 5.75 Å². The van der Waals surface area contributed by atoms with Gasteiger partial charge in [0, 0.05) is 48.2 Å². The topological polar surface area (TPSA) is 105 Å². The van der Waals surface area contributed by atoms with Crippen molar-refractivity contribution in [3.63, 3.8) is 0 Å². The number of carboxylic acid groups (broad SMARTS) is 1. The predicted molar refractivity (Wildman–Crippen MR) is 156 cm³/mol. The Hall–Kier alpha value is -3.99. The number of carboxylic acids is 1. The fourth-order valence-corrected chi connectivity index (χ4v) is 7.16. The molecule has 44 heavy (non-hydrogen) atoms. The van der Waals surface area contributed by atoms with E-state index in [4.69, 9.17) is 16.3 Å². The number of alkyl halides is 2. The highest BCUT2D eigenvalue weighted by molar-refractivity contribution is 6.31. The lowest BCUT2D eigenvalue weighted by atomic mass is 9.77. The van der Waals surface area contributed by atoms with Gasteiger partial charge in [-0.25, -0.2) is 13.8 Å². The van der Waals surface area contributed by atoms with Crippen LogP contribution in [-0.4, -0.2) is 61.8 Å². The van der Waals surface area contributed by atoms with Gasteiger partial charge in [0.05, 0.1) is 24.4 Å². The molecule has 1 unspecified atom stereocenters. The molecule has 3 aromatic rings. The van der Waals surface area contributed by atoms with E-state index in [-0.39, 0.29) is 25.0 Å². The second kappa shape index (κ2) is 12.6. The normalized spacial score (nSPS) is 21.4. The third-order valence-corrected chi connectivity index (χ3v) is 9.39. The van der Waals surface area contributed by atoms with Gasteiger partial charge in [0.2, 0.25) is 5.91 Å². The smallest absolute Gasteiger partial charge is 0.307 e. The third kappa shape index (κ3) is 5.77. The van der Waals surface area contributed by atoms with E-state index in [2.05, 4.69) is 4.98 Å². The molecule has 1 N–H and O–H groups in total. The Balaban J connectivity index is 1.37. The first-order chi connectivity index (χ1) is 21.2. The molecule has 0 bridgehead atoms. The Kier molecular flexibility index (Phi) is 8.57. The zero-order valence-corrected chi connectivity index (χ0v) is 24.8. The minimum absolute atomic E-state index is 0.105. The number of hydrogen-bond acceptors (Lipinski definition) is 5. The summed E-state index contributed by atoms with van der Waals surface area (Å²) in [5.41, 5.74) is 2.90. The Labute approximate surface area is 258 Å². The van der Waals surface area contributed by atoms with E-state index in [9.17, 15) is 28.3 Å². The fourth-order valence-electron chi connectivity index (χ4n) is 6.90. The molecule has 2 aliphatic heterocycles.